The number of carbonyl (C=O) groups excluding carboxylic acids is 2. The minimum atomic E-state index is -0.632. The Bertz CT molecular complexity index is 559. The van der Waals surface area contributed by atoms with E-state index < -0.39 is 6.03 Å². The van der Waals surface area contributed by atoms with Crippen molar-refractivity contribution in [3.63, 3.8) is 0 Å². The van der Waals surface area contributed by atoms with Crippen LogP contribution in [-0.2, 0) is 4.74 Å². The van der Waals surface area contributed by atoms with Crippen LogP contribution in [0.25, 0.3) is 0 Å². The van der Waals surface area contributed by atoms with Gasteiger partial charge in [0.1, 0.15) is 0 Å². The summed E-state index contributed by atoms with van der Waals surface area (Å²) in [7, 11) is 0. The fourth-order valence-corrected chi connectivity index (χ4v) is 2.74. The molecule has 0 aromatic heterocycles. The zero-order valence-electron chi connectivity index (χ0n) is 14.2. The molecule has 1 atom stereocenters. The lowest BCUT2D eigenvalue weighted by Crippen LogP contribution is -2.48. The van der Waals surface area contributed by atoms with Crippen molar-refractivity contribution in [2.24, 2.45) is 11.7 Å². The number of primary amides is 1. The fourth-order valence-electron chi connectivity index (χ4n) is 2.74. The molecule has 7 nitrogen and oxygen atoms in total. The van der Waals surface area contributed by atoms with E-state index in [1.807, 2.05) is 0 Å². The van der Waals surface area contributed by atoms with Crippen molar-refractivity contribution in [3.8, 4) is 0 Å². The predicted molar refractivity (Wildman–Crippen MR) is 93.0 cm³/mol. The number of nitrogens with one attached hydrogen (secondary N) is 2. The number of morpholine rings is 1. The average Bonchev–Trinajstić information content (AvgIpc) is 2.52. The van der Waals surface area contributed by atoms with Gasteiger partial charge in [0, 0.05) is 37.4 Å². The van der Waals surface area contributed by atoms with Crippen molar-refractivity contribution in [2.45, 2.75) is 20.0 Å². The van der Waals surface area contributed by atoms with Gasteiger partial charge in [-0.25, -0.2) is 4.79 Å². The minimum Gasteiger partial charge on any atom is -0.374 e. The van der Waals surface area contributed by atoms with E-state index in [2.05, 4.69) is 29.4 Å². The Morgan fingerprint density at radius 3 is 2.67 bits per heavy atom. The van der Waals surface area contributed by atoms with Gasteiger partial charge in [-0.1, -0.05) is 13.8 Å². The molecule has 1 unspecified atom stereocenters. The molecular formula is C17H26N4O3. The molecule has 0 saturated carbocycles. The van der Waals surface area contributed by atoms with Crippen LogP contribution in [0, 0.1) is 5.92 Å². The molecule has 1 fully saturated rings. The first-order valence-corrected chi connectivity index (χ1v) is 8.22. The number of nitrogens with two attached hydrogens (primary N) is 1. The van der Waals surface area contributed by atoms with E-state index >= 15 is 0 Å². The lowest BCUT2D eigenvalue weighted by molar-refractivity contribution is -0.0295. The summed E-state index contributed by atoms with van der Waals surface area (Å²) in [5.41, 5.74) is 6.13. The van der Waals surface area contributed by atoms with Gasteiger partial charge >= 0.3 is 6.03 Å². The summed E-state index contributed by atoms with van der Waals surface area (Å²) in [5.74, 6) is 0.455. The Balaban J connectivity index is 1.81. The second-order valence-electron chi connectivity index (χ2n) is 6.42. The molecular weight excluding hydrogens is 308 g/mol. The first-order chi connectivity index (χ1) is 11.4. The third kappa shape index (κ3) is 5.82. The highest BCUT2D eigenvalue weighted by atomic mass is 16.5. The molecule has 1 aliphatic heterocycles. The van der Waals surface area contributed by atoms with E-state index in [1.165, 1.54) is 0 Å². The second kappa shape index (κ2) is 8.65. The Morgan fingerprint density at radius 1 is 1.33 bits per heavy atom. The Kier molecular flexibility index (Phi) is 6.57. The SMILES string of the molecule is CC(C)CN1CCOC(CNC(=O)c2ccc(NC(N)=O)cc2)C1. The molecule has 1 aromatic carbocycles. The zero-order valence-corrected chi connectivity index (χ0v) is 14.2. The first-order valence-electron chi connectivity index (χ1n) is 8.22. The molecule has 1 aliphatic rings. The van der Waals surface area contributed by atoms with Gasteiger partial charge in [-0.15, -0.1) is 0 Å². The van der Waals surface area contributed by atoms with Gasteiger partial charge in [0.15, 0.2) is 0 Å². The number of hydrogen-bond acceptors (Lipinski definition) is 4. The third-order valence-electron chi connectivity index (χ3n) is 3.75. The Morgan fingerprint density at radius 2 is 2.04 bits per heavy atom. The van der Waals surface area contributed by atoms with Crippen LogP contribution in [-0.4, -0.2) is 55.7 Å². The highest BCUT2D eigenvalue weighted by Gasteiger charge is 2.21. The minimum absolute atomic E-state index is 0.0113. The molecule has 3 amide bonds. The van der Waals surface area contributed by atoms with Crippen molar-refractivity contribution in [3.05, 3.63) is 29.8 Å². The number of benzene rings is 1. The number of hydrogen-bond donors (Lipinski definition) is 3. The number of urea groups is 1. The van der Waals surface area contributed by atoms with Crippen molar-refractivity contribution < 1.29 is 14.3 Å². The maximum atomic E-state index is 12.2. The van der Waals surface area contributed by atoms with Crippen molar-refractivity contribution >= 4 is 17.6 Å². The lowest BCUT2D eigenvalue weighted by atomic mass is 10.1. The number of nitrogens with zero attached hydrogens (tertiary/aromatic N) is 1. The topological polar surface area (TPSA) is 96.7 Å². The highest BCUT2D eigenvalue weighted by Crippen LogP contribution is 2.10. The monoisotopic (exact) mass is 334 g/mol. The summed E-state index contributed by atoms with van der Waals surface area (Å²) in [6.07, 6.45) is 0.0113. The molecule has 2 rings (SSSR count). The molecule has 24 heavy (non-hydrogen) atoms. The second-order valence-corrected chi connectivity index (χ2v) is 6.42. The van der Waals surface area contributed by atoms with Crippen LogP contribution in [0.5, 0.6) is 0 Å². The van der Waals surface area contributed by atoms with Crippen LogP contribution in [0.15, 0.2) is 24.3 Å². The third-order valence-corrected chi connectivity index (χ3v) is 3.75. The van der Waals surface area contributed by atoms with Gasteiger partial charge in [-0.2, -0.15) is 0 Å². The maximum absolute atomic E-state index is 12.2. The smallest absolute Gasteiger partial charge is 0.316 e. The number of carbonyl (C=O) groups is 2. The van der Waals surface area contributed by atoms with E-state index in [-0.39, 0.29) is 12.0 Å². The quantitative estimate of drug-likeness (QED) is 0.730. The van der Waals surface area contributed by atoms with Crippen LogP contribution >= 0.6 is 0 Å². The molecule has 4 N–H and O–H groups in total. The normalized spacial score (nSPS) is 18.4. The molecule has 7 heteroatoms. The van der Waals surface area contributed by atoms with Gasteiger partial charge in [0.25, 0.3) is 5.91 Å². The van der Waals surface area contributed by atoms with Crippen LogP contribution in [0.4, 0.5) is 10.5 Å². The van der Waals surface area contributed by atoms with Crippen LogP contribution < -0.4 is 16.4 Å². The van der Waals surface area contributed by atoms with E-state index in [0.29, 0.717) is 30.3 Å². The van der Waals surface area contributed by atoms with Crippen LogP contribution in [0.3, 0.4) is 0 Å². The van der Waals surface area contributed by atoms with Crippen LogP contribution in [0.2, 0.25) is 0 Å². The summed E-state index contributed by atoms with van der Waals surface area (Å²) in [5, 5.41) is 5.36. The molecule has 1 saturated heterocycles. The Hall–Kier alpha value is -2.12. The van der Waals surface area contributed by atoms with E-state index in [4.69, 9.17) is 10.5 Å². The van der Waals surface area contributed by atoms with Gasteiger partial charge in [-0.3, -0.25) is 9.69 Å². The molecule has 0 radical (unpaired) electrons. The Labute approximate surface area is 142 Å². The van der Waals surface area contributed by atoms with Crippen molar-refractivity contribution in [1.29, 1.82) is 0 Å². The predicted octanol–water partition coefficient (Wildman–Crippen LogP) is 1.26. The summed E-state index contributed by atoms with van der Waals surface area (Å²) >= 11 is 0. The number of ether oxygens (including phenoxy) is 1. The average molecular weight is 334 g/mol. The standard InChI is InChI=1S/C17H26N4O3/c1-12(2)10-21-7-8-24-15(11-21)9-19-16(22)13-3-5-14(6-4-13)20-17(18)23/h3-6,12,15H,7-11H2,1-2H3,(H,19,22)(H3,18,20,23). The summed E-state index contributed by atoms with van der Waals surface area (Å²) in [6.45, 7) is 8.39. The summed E-state index contributed by atoms with van der Waals surface area (Å²) in [6, 6.07) is 5.94. The molecule has 0 bridgehead atoms. The molecule has 1 heterocycles. The molecule has 0 spiro atoms. The zero-order chi connectivity index (χ0) is 17.5. The van der Waals surface area contributed by atoms with Crippen LogP contribution in [0.1, 0.15) is 24.2 Å². The largest absolute Gasteiger partial charge is 0.374 e. The number of amides is 3. The van der Waals surface area contributed by atoms with Gasteiger partial charge in [-0.05, 0) is 30.2 Å². The van der Waals surface area contributed by atoms with E-state index in [1.54, 1.807) is 24.3 Å². The van der Waals surface area contributed by atoms with E-state index in [9.17, 15) is 9.59 Å². The summed E-state index contributed by atoms with van der Waals surface area (Å²) < 4.78 is 5.72. The van der Waals surface area contributed by atoms with Crippen molar-refractivity contribution in [2.75, 3.05) is 38.1 Å². The number of anilines is 1. The molecule has 132 valence electrons. The molecule has 1 aromatic rings. The van der Waals surface area contributed by atoms with Gasteiger partial charge in [0.2, 0.25) is 0 Å². The molecule has 0 aliphatic carbocycles. The van der Waals surface area contributed by atoms with Gasteiger partial charge in [0.05, 0.1) is 12.7 Å². The fraction of sp³-hybridized carbons (Fsp3) is 0.529. The highest BCUT2D eigenvalue weighted by molar-refractivity contribution is 5.95. The first kappa shape index (κ1) is 18.2. The summed E-state index contributed by atoms with van der Waals surface area (Å²) in [4.78, 5) is 25.3. The lowest BCUT2D eigenvalue weighted by Gasteiger charge is -2.33. The maximum Gasteiger partial charge on any atom is 0.316 e. The van der Waals surface area contributed by atoms with Crippen molar-refractivity contribution in [1.82, 2.24) is 10.2 Å². The number of rotatable bonds is 6. The van der Waals surface area contributed by atoms with E-state index in [0.717, 1.165) is 19.6 Å². The van der Waals surface area contributed by atoms with Gasteiger partial charge < -0.3 is 21.1 Å².